The van der Waals surface area contributed by atoms with Gasteiger partial charge in [0.25, 0.3) is 0 Å². The zero-order valence-corrected chi connectivity index (χ0v) is 24.6. The van der Waals surface area contributed by atoms with Gasteiger partial charge in [-0.1, -0.05) is 0 Å². The molecular weight excluding hydrogens is 678 g/mol. The monoisotopic (exact) mass is 696 g/mol. The fraction of sp³-hybridized carbons (Fsp3) is 0.154. The number of rotatable bonds is 11. The lowest BCUT2D eigenvalue weighted by atomic mass is 10.0. The van der Waals surface area contributed by atoms with Crippen molar-refractivity contribution in [2.75, 3.05) is 14.2 Å². The number of carbonyl (C=O) groups is 2. The van der Waals surface area contributed by atoms with Gasteiger partial charge in [0.05, 0.1) is 36.7 Å². The summed E-state index contributed by atoms with van der Waals surface area (Å²) in [5, 5.41) is 0. The molecule has 2 heterocycles. The first-order valence-corrected chi connectivity index (χ1v) is 14.9. The summed E-state index contributed by atoms with van der Waals surface area (Å²) in [6, 6.07) is 9.18. The minimum atomic E-state index is -6.02. The number of H-pyrrole nitrogens is 1. The third-order valence-corrected chi connectivity index (χ3v) is 7.96. The predicted octanol–water partition coefficient (Wildman–Crippen LogP) is 4.74. The van der Waals surface area contributed by atoms with Crippen molar-refractivity contribution in [2.24, 2.45) is 0 Å². The van der Waals surface area contributed by atoms with Crippen LogP contribution in [-0.2, 0) is 20.2 Å². The molecule has 0 spiro atoms. The van der Waals surface area contributed by atoms with Crippen LogP contribution in [0.1, 0.15) is 32.1 Å². The van der Waals surface area contributed by atoms with Crippen LogP contribution in [0.2, 0.25) is 0 Å². The van der Waals surface area contributed by atoms with Gasteiger partial charge in [0.2, 0.25) is 11.6 Å². The molecule has 246 valence electrons. The number of halogens is 6. The maximum Gasteiger partial charge on any atom is 0.534 e. The van der Waals surface area contributed by atoms with Crippen LogP contribution in [0.25, 0.3) is 5.69 Å². The molecule has 2 aromatic carbocycles. The van der Waals surface area contributed by atoms with Gasteiger partial charge in [-0.25, -0.2) is 0 Å². The third kappa shape index (κ3) is 6.52. The van der Waals surface area contributed by atoms with Crippen molar-refractivity contribution in [3.05, 3.63) is 89.5 Å². The van der Waals surface area contributed by atoms with Crippen LogP contribution in [0.4, 0.5) is 26.3 Å². The number of carbonyl (C=O) groups excluding carboxylic acids is 2. The van der Waals surface area contributed by atoms with Gasteiger partial charge >= 0.3 is 31.3 Å². The topological polar surface area (TPSA) is 160 Å². The molecule has 0 aliphatic carbocycles. The van der Waals surface area contributed by atoms with Gasteiger partial charge < -0.3 is 27.4 Å². The Morgan fingerprint density at radius 3 is 1.65 bits per heavy atom. The van der Waals surface area contributed by atoms with E-state index in [1.165, 1.54) is 35.2 Å². The minimum Gasteiger partial charge on any atom is -0.496 e. The molecule has 0 unspecified atom stereocenters. The highest BCUT2D eigenvalue weighted by atomic mass is 32.2. The molecular formula is C26H18F6N2O10S2. The summed E-state index contributed by atoms with van der Waals surface area (Å²) in [6.07, 6.45) is 2.70. The molecule has 4 aromatic rings. The van der Waals surface area contributed by atoms with Crippen LogP contribution in [0.15, 0.2) is 67.0 Å². The first kappa shape index (κ1) is 33.9. The molecule has 0 bridgehead atoms. The van der Waals surface area contributed by atoms with Gasteiger partial charge in [-0.05, 0) is 42.5 Å². The SMILES string of the molecule is COc1cc(OS(=O)(=O)C(F)(F)F)ccc1C(=O)c1[nH]ccc1-n1cccc1C(=O)c1ccc(OS(=O)(=O)C(F)(F)F)cc1OC. The average molecular weight is 697 g/mol. The highest BCUT2D eigenvalue weighted by molar-refractivity contribution is 7.88. The summed E-state index contributed by atoms with van der Waals surface area (Å²) in [6.45, 7) is 0. The number of aromatic amines is 1. The molecule has 0 saturated heterocycles. The fourth-order valence-corrected chi connectivity index (χ4v) is 4.87. The molecule has 0 aliphatic heterocycles. The van der Waals surface area contributed by atoms with E-state index < -0.39 is 54.3 Å². The summed E-state index contributed by atoms with van der Waals surface area (Å²) in [7, 11) is -9.90. The zero-order valence-electron chi connectivity index (χ0n) is 23.0. The molecule has 0 atom stereocenters. The second-order valence-corrected chi connectivity index (χ2v) is 11.9. The van der Waals surface area contributed by atoms with Crippen molar-refractivity contribution in [1.29, 1.82) is 0 Å². The Morgan fingerprint density at radius 1 is 0.717 bits per heavy atom. The number of methoxy groups -OCH3 is 2. The quantitative estimate of drug-likeness (QED) is 0.100. The van der Waals surface area contributed by atoms with Crippen LogP contribution >= 0.6 is 0 Å². The van der Waals surface area contributed by atoms with Crippen LogP contribution < -0.4 is 17.8 Å². The average Bonchev–Trinajstić information content (AvgIpc) is 3.64. The highest BCUT2D eigenvalue weighted by Crippen LogP contribution is 2.34. The number of hydrogen-bond acceptors (Lipinski definition) is 10. The second-order valence-electron chi connectivity index (χ2n) is 8.85. The molecule has 4 rings (SSSR count). The minimum absolute atomic E-state index is 0.0792. The van der Waals surface area contributed by atoms with E-state index in [-0.39, 0.29) is 39.7 Å². The number of ketones is 2. The standard InChI is InChI=1S/C26H18F6N2O10S2/c1-41-20-12-14(43-45(37,38)25(27,28)29)5-7-16(20)23(35)19-4-3-11-34(19)18-9-10-33-22(18)24(36)17-8-6-15(13-21(17)42-2)44-46(39,40)26(30,31)32/h3-13,33H,1-2H3. The molecule has 0 radical (unpaired) electrons. The van der Waals surface area contributed by atoms with Crippen LogP contribution in [0, 0.1) is 0 Å². The summed E-state index contributed by atoms with van der Waals surface area (Å²) in [5.74, 6) is -3.88. The summed E-state index contributed by atoms with van der Waals surface area (Å²) in [5.41, 5.74) is -12.1. The molecule has 46 heavy (non-hydrogen) atoms. The largest absolute Gasteiger partial charge is 0.534 e. The molecule has 0 saturated carbocycles. The Labute approximate surface area is 255 Å². The van der Waals surface area contributed by atoms with Crippen LogP contribution in [-0.4, -0.2) is 63.2 Å². The Morgan fingerprint density at radius 2 is 1.20 bits per heavy atom. The third-order valence-electron chi connectivity index (χ3n) is 6.01. The van der Waals surface area contributed by atoms with E-state index >= 15 is 0 Å². The van der Waals surface area contributed by atoms with Crippen molar-refractivity contribution in [3.63, 3.8) is 0 Å². The van der Waals surface area contributed by atoms with Crippen molar-refractivity contribution in [1.82, 2.24) is 9.55 Å². The number of hydrogen-bond donors (Lipinski definition) is 1. The first-order valence-electron chi connectivity index (χ1n) is 12.1. The number of nitrogens with zero attached hydrogens (tertiary/aromatic N) is 1. The van der Waals surface area contributed by atoms with E-state index in [1.807, 2.05) is 0 Å². The van der Waals surface area contributed by atoms with Crippen LogP contribution in [0.5, 0.6) is 23.0 Å². The van der Waals surface area contributed by atoms with E-state index in [9.17, 15) is 52.8 Å². The number of aromatic nitrogens is 2. The van der Waals surface area contributed by atoms with E-state index in [2.05, 4.69) is 13.4 Å². The van der Waals surface area contributed by atoms with Gasteiger partial charge in [0.15, 0.2) is 0 Å². The summed E-state index contributed by atoms with van der Waals surface area (Å²) >= 11 is 0. The Balaban J connectivity index is 1.68. The second kappa shape index (κ2) is 12.1. The number of alkyl halides is 6. The Bertz CT molecular complexity index is 1890. The smallest absolute Gasteiger partial charge is 0.496 e. The van der Waals surface area contributed by atoms with Crippen LogP contribution in [0.3, 0.4) is 0 Å². The van der Waals surface area contributed by atoms with Crippen molar-refractivity contribution in [2.45, 2.75) is 11.0 Å². The van der Waals surface area contributed by atoms with E-state index in [1.54, 1.807) is 0 Å². The normalized spacial score (nSPS) is 12.4. The van der Waals surface area contributed by atoms with Gasteiger partial charge in [-0.15, -0.1) is 0 Å². The molecule has 12 nitrogen and oxygen atoms in total. The first-order chi connectivity index (χ1) is 21.3. The van der Waals surface area contributed by atoms with Gasteiger partial charge in [0.1, 0.15) is 28.7 Å². The van der Waals surface area contributed by atoms with E-state index in [0.29, 0.717) is 0 Å². The lowest BCUT2D eigenvalue weighted by molar-refractivity contribution is -0.0504. The lowest BCUT2D eigenvalue weighted by Crippen LogP contribution is -2.28. The molecule has 20 heteroatoms. The molecule has 0 aliphatic rings. The van der Waals surface area contributed by atoms with Crippen molar-refractivity contribution in [3.8, 4) is 28.7 Å². The summed E-state index contributed by atoms with van der Waals surface area (Å²) in [4.78, 5) is 29.7. The van der Waals surface area contributed by atoms with Crippen molar-refractivity contribution >= 4 is 31.8 Å². The number of benzene rings is 2. The molecule has 0 fully saturated rings. The fourth-order valence-electron chi connectivity index (χ4n) is 3.96. The Kier molecular flexibility index (Phi) is 8.90. The van der Waals surface area contributed by atoms with Gasteiger partial charge in [0, 0.05) is 24.5 Å². The van der Waals surface area contributed by atoms with Gasteiger partial charge in [-0.2, -0.15) is 43.2 Å². The van der Waals surface area contributed by atoms with Gasteiger partial charge in [-0.3, -0.25) is 9.59 Å². The zero-order chi connectivity index (χ0) is 34.2. The molecule has 2 aromatic heterocycles. The maximum atomic E-state index is 13.5. The highest BCUT2D eigenvalue weighted by Gasteiger charge is 2.49. The number of ether oxygens (including phenoxy) is 2. The lowest BCUT2D eigenvalue weighted by Gasteiger charge is -2.14. The molecule has 1 N–H and O–H groups in total. The molecule has 0 amide bonds. The maximum absolute atomic E-state index is 13.5. The number of nitrogens with one attached hydrogen (secondary N) is 1. The Hall–Kier alpha value is -4.98. The summed E-state index contributed by atoms with van der Waals surface area (Å²) < 4.78 is 141. The predicted molar refractivity (Wildman–Crippen MR) is 144 cm³/mol. The van der Waals surface area contributed by atoms with E-state index in [4.69, 9.17) is 9.47 Å². The van der Waals surface area contributed by atoms with Crippen molar-refractivity contribution < 1.29 is 70.6 Å². The van der Waals surface area contributed by atoms with E-state index in [0.717, 1.165) is 50.6 Å².